The first-order valence-electron chi connectivity index (χ1n) is 8.42. The van der Waals surface area contributed by atoms with Crippen molar-refractivity contribution < 1.29 is 28.6 Å². The zero-order chi connectivity index (χ0) is 20.5. The lowest BCUT2D eigenvalue weighted by Crippen LogP contribution is -2.34. The van der Waals surface area contributed by atoms with E-state index in [1.807, 2.05) is 24.4 Å². The van der Waals surface area contributed by atoms with Crippen molar-refractivity contribution in [3.05, 3.63) is 46.2 Å². The lowest BCUT2D eigenvalue weighted by Gasteiger charge is -2.12. The van der Waals surface area contributed by atoms with E-state index >= 15 is 0 Å². The van der Waals surface area contributed by atoms with Crippen LogP contribution in [0, 0.1) is 0 Å². The summed E-state index contributed by atoms with van der Waals surface area (Å²) < 4.78 is 15.1. The predicted octanol–water partition coefficient (Wildman–Crippen LogP) is 1.92. The minimum Gasteiger partial charge on any atom is -0.497 e. The van der Waals surface area contributed by atoms with Gasteiger partial charge in [-0.15, -0.1) is 11.3 Å². The van der Waals surface area contributed by atoms with Crippen molar-refractivity contribution in [2.75, 3.05) is 27.4 Å². The van der Waals surface area contributed by atoms with Gasteiger partial charge >= 0.3 is 5.97 Å². The van der Waals surface area contributed by atoms with Crippen molar-refractivity contribution in [1.82, 2.24) is 10.6 Å². The molecule has 0 spiro atoms. The Morgan fingerprint density at radius 2 is 1.79 bits per heavy atom. The normalized spacial score (nSPS) is 11.2. The average molecular weight is 406 g/mol. The smallest absolute Gasteiger partial charge is 0.325 e. The predicted molar refractivity (Wildman–Crippen MR) is 104 cm³/mol. The van der Waals surface area contributed by atoms with Gasteiger partial charge in [-0.25, -0.2) is 0 Å². The van der Waals surface area contributed by atoms with Gasteiger partial charge in [0.25, 0.3) is 11.8 Å². The molecule has 0 aliphatic rings. The van der Waals surface area contributed by atoms with Gasteiger partial charge in [0, 0.05) is 16.5 Å². The summed E-state index contributed by atoms with van der Waals surface area (Å²) in [6.45, 7) is 1.05. The molecule has 0 saturated heterocycles. The molecular weight excluding hydrogens is 384 g/mol. The van der Waals surface area contributed by atoms with Crippen molar-refractivity contribution in [2.45, 2.75) is 13.0 Å². The van der Waals surface area contributed by atoms with E-state index in [4.69, 9.17) is 14.2 Å². The van der Waals surface area contributed by atoms with Crippen molar-refractivity contribution in [2.24, 2.45) is 0 Å². The lowest BCUT2D eigenvalue weighted by atomic mass is 10.2. The maximum absolute atomic E-state index is 12.2. The van der Waals surface area contributed by atoms with Crippen LogP contribution in [0.3, 0.4) is 0 Å². The van der Waals surface area contributed by atoms with E-state index < -0.39 is 24.4 Å². The lowest BCUT2D eigenvalue weighted by molar-refractivity contribution is -0.147. The van der Waals surface area contributed by atoms with E-state index in [2.05, 4.69) is 10.6 Å². The Morgan fingerprint density at radius 1 is 1.11 bits per heavy atom. The molecule has 0 saturated carbocycles. The van der Waals surface area contributed by atoms with Crippen LogP contribution in [0.2, 0.25) is 0 Å². The molecule has 2 N–H and O–H groups in total. The first kappa shape index (κ1) is 21.2. The Hall–Kier alpha value is -3.07. The number of carbonyl (C=O) groups excluding carboxylic acids is 3. The number of methoxy groups -OCH3 is 2. The summed E-state index contributed by atoms with van der Waals surface area (Å²) in [6.07, 6.45) is 0. The van der Waals surface area contributed by atoms with Crippen molar-refractivity contribution >= 4 is 29.1 Å². The molecule has 1 heterocycles. The molecule has 28 heavy (non-hydrogen) atoms. The largest absolute Gasteiger partial charge is 0.497 e. The maximum Gasteiger partial charge on any atom is 0.325 e. The molecule has 0 fully saturated rings. The zero-order valence-corrected chi connectivity index (χ0v) is 16.6. The van der Waals surface area contributed by atoms with Gasteiger partial charge in [-0.3, -0.25) is 14.4 Å². The third-order valence-electron chi connectivity index (χ3n) is 3.72. The highest BCUT2D eigenvalue weighted by molar-refractivity contribution is 7.10. The Morgan fingerprint density at radius 3 is 2.36 bits per heavy atom. The molecule has 9 heteroatoms. The summed E-state index contributed by atoms with van der Waals surface area (Å²) in [5, 5.41) is 7.08. The van der Waals surface area contributed by atoms with Gasteiger partial charge in [-0.05, 0) is 30.5 Å². The second-order valence-corrected chi connectivity index (χ2v) is 6.73. The molecule has 0 aliphatic carbocycles. The highest BCUT2D eigenvalue weighted by atomic mass is 32.1. The number of hydrogen-bond acceptors (Lipinski definition) is 7. The van der Waals surface area contributed by atoms with Crippen LogP contribution in [0.1, 0.15) is 28.2 Å². The molecule has 0 bridgehead atoms. The van der Waals surface area contributed by atoms with Gasteiger partial charge < -0.3 is 24.8 Å². The Bertz CT molecular complexity index is 800. The quantitative estimate of drug-likeness (QED) is 0.617. The number of benzene rings is 1. The molecule has 0 unspecified atom stereocenters. The second kappa shape index (κ2) is 10.3. The number of rotatable bonds is 9. The summed E-state index contributed by atoms with van der Waals surface area (Å²) in [4.78, 5) is 36.8. The molecule has 0 radical (unpaired) electrons. The van der Waals surface area contributed by atoms with Crippen LogP contribution in [0.4, 0.5) is 0 Å². The first-order chi connectivity index (χ1) is 13.4. The number of carbonyl (C=O) groups is 3. The molecule has 150 valence electrons. The Balaban J connectivity index is 1.77. The number of nitrogens with one attached hydrogen (secondary N) is 2. The summed E-state index contributed by atoms with van der Waals surface area (Å²) >= 11 is 1.52. The topological polar surface area (TPSA) is 103 Å². The van der Waals surface area contributed by atoms with Crippen LogP contribution in [-0.4, -0.2) is 45.2 Å². The SMILES string of the molecule is COc1cc(OC)cc(C(=O)NCC(=O)OCC(=O)N[C@H](C)c2cccs2)c1. The van der Waals surface area contributed by atoms with E-state index in [9.17, 15) is 14.4 Å². The molecule has 2 rings (SSSR count). The fraction of sp³-hybridized carbons (Fsp3) is 0.316. The van der Waals surface area contributed by atoms with Gasteiger partial charge in [-0.2, -0.15) is 0 Å². The van der Waals surface area contributed by atoms with E-state index in [-0.39, 0.29) is 18.2 Å². The van der Waals surface area contributed by atoms with Crippen LogP contribution in [0.25, 0.3) is 0 Å². The molecular formula is C19H22N2O6S. The fourth-order valence-corrected chi connectivity index (χ4v) is 3.02. The van der Waals surface area contributed by atoms with Crippen molar-refractivity contribution in [3.8, 4) is 11.5 Å². The van der Waals surface area contributed by atoms with Crippen molar-refractivity contribution in [1.29, 1.82) is 0 Å². The Kier molecular flexibility index (Phi) is 7.82. The highest BCUT2D eigenvalue weighted by Crippen LogP contribution is 2.22. The van der Waals surface area contributed by atoms with Gasteiger partial charge in [0.05, 0.1) is 20.3 Å². The summed E-state index contributed by atoms with van der Waals surface area (Å²) in [7, 11) is 2.94. The second-order valence-electron chi connectivity index (χ2n) is 5.75. The average Bonchev–Trinajstić information content (AvgIpc) is 3.25. The molecule has 1 atom stereocenters. The van der Waals surface area contributed by atoms with Crippen LogP contribution in [0.5, 0.6) is 11.5 Å². The molecule has 1 aromatic carbocycles. The highest BCUT2D eigenvalue weighted by Gasteiger charge is 2.14. The standard InChI is InChI=1S/C19H22N2O6S/c1-12(16-5-4-6-28-16)21-17(22)11-27-18(23)10-20-19(24)13-7-14(25-2)9-15(8-13)26-3/h4-9,12H,10-11H2,1-3H3,(H,20,24)(H,21,22)/t12-/m1/s1. The van der Waals surface area contributed by atoms with Gasteiger partial charge in [0.2, 0.25) is 0 Å². The Labute approximate surface area is 166 Å². The number of hydrogen-bond donors (Lipinski definition) is 2. The van der Waals surface area contributed by atoms with Gasteiger partial charge in [-0.1, -0.05) is 6.07 Å². The van der Waals surface area contributed by atoms with Gasteiger partial charge in [0.1, 0.15) is 18.0 Å². The molecule has 0 aliphatic heterocycles. The number of ether oxygens (including phenoxy) is 3. The third kappa shape index (κ3) is 6.27. The van der Waals surface area contributed by atoms with E-state index in [1.54, 1.807) is 6.07 Å². The fourth-order valence-electron chi connectivity index (χ4n) is 2.28. The third-order valence-corrected chi connectivity index (χ3v) is 4.77. The minimum atomic E-state index is -0.720. The van der Waals surface area contributed by atoms with Crippen LogP contribution >= 0.6 is 11.3 Å². The molecule has 8 nitrogen and oxygen atoms in total. The van der Waals surface area contributed by atoms with Gasteiger partial charge in [0.15, 0.2) is 6.61 Å². The molecule has 2 aromatic rings. The van der Waals surface area contributed by atoms with Crippen molar-refractivity contribution in [3.63, 3.8) is 0 Å². The summed E-state index contributed by atoms with van der Waals surface area (Å²) in [5.41, 5.74) is 0.270. The summed E-state index contributed by atoms with van der Waals surface area (Å²) in [5.74, 6) is -0.739. The van der Waals surface area contributed by atoms with Crippen LogP contribution < -0.4 is 20.1 Å². The molecule has 2 amide bonds. The van der Waals surface area contributed by atoms with E-state index in [0.717, 1.165) is 4.88 Å². The van der Waals surface area contributed by atoms with Crippen LogP contribution in [-0.2, 0) is 14.3 Å². The maximum atomic E-state index is 12.2. The minimum absolute atomic E-state index is 0.172. The van der Waals surface area contributed by atoms with E-state index in [1.165, 1.54) is 37.7 Å². The number of esters is 1. The first-order valence-corrected chi connectivity index (χ1v) is 9.30. The summed E-state index contributed by atoms with van der Waals surface area (Å²) in [6, 6.07) is 8.29. The van der Waals surface area contributed by atoms with E-state index in [0.29, 0.717) is 11.5 Å². The monoisotopic (exact) mass is 406 g/mol. The number of amides is 2. The van der Waals surface area contributed by atoms with Crippen LogP contribution in [0.15, 0.2) is 35.7 Å². The zero-order valence-electron chi connectivity index (χ0n) is 15.8. The number of thiophene rings is 1. The molecule has 1 aromatic heterocycles.